The molecule has 18 heavy (non-hydrogen) atoms. The number of hydrogen-bond acceptors (Lipinski definition) is 3. The lowest BCUT2D eigenvalue weighted by Gasteiger charge is -1.98. The number of fused-ring (bicyclic) bond motifs is 1. The first kappa shape index (κ1) is 11.0. The standard InChI is InChI=1S/C13H8ClFN2O/c14-7-1-4-12-11(5-7)17-13(18-12)9-3-2-8(16)6-10(9)15/h1-6H,16H2. The summed E-state index contributed by atoms with van der Waals surface area (Å²) >= 11 is 5.85. The van der Waals surface area contributed by atoms with Gasteiger partial charge in [0.1, 0.15) is 11.3 Å². The highest BCUT2D eigenvalue weighted by Gasteiger charge is 2.12. The molecule has 3 rings (SSSR count). The average Bonchev–Trinajstić information content (AvgIpc) is 2.71. The maximum absolute atomic E-state index is 13.7. The summed E-state index contributed by atoms with van der Waals surface area (Å²) in [5.74, 6) is -0.252. The van der Waals surface area contributed by atoms with Crippen molar-refractivity contribution < 1.29 is 8.81 Å². The third-order valence-electron chi connectivity index (χ3n) is 2.57. The fourth-order valence-electron chi connectivity index (χ4n) is 1.72. The van der Waals surface area contributed by atoms with E-state index in [1.807, 2.05) is 0 Å². The molecule has 0 saturated carbocycles. The third-order valence-corrected chi connectivity index (χ3v) is 2.81. The highest BCUT2D eigenvalue weighted by molar-refractivity contribution is 6.31. The van der Waals surface area contributed by atoms with E-state index in [-0.39, 0.29) is 11.5 Å². The number of nitrogens with zero attached hydrogens (tertiary/aromatic N) is 1. The zero-order valence-electron chi connectivity index (χ0n) is 9.15. The molecule has 2 N–H and O–H groups in total. The van der Waals surface area contributed by atoms with E-state index in [9.17, 15) is 4.39 Å². The summed E-state index contributed by atoms with van der Waals surface area (Å²) in [7, 11) is 0. The van der Waals surface area contributed by atoms with Crippen molar-refractivity contribution in [1.29, 1.82) is 0 Å². The fourth-order valence-corrected chi connectivity index (χ4v) is 1.89. The predicted octanol–water partition coefficient (Wildman–Crippen LogP) is 3.87. The highest BCUT2D eigenvalue weighted by atomic mass is 35.5. The molecule has 2 aromatic carbocycles. The molecule has 0 spiro atoms. The van der Waals surface area contributed by atoms with Crippen molar-refractivity contribution in [2.45, 2.75) is 0 Å². The Bertz CT molecular complexity index is 739. The Morgan fingerprint density at radius 1 is 1.17 bits per heavy atom. The fraction of sp³-hybridized carbons (Fsp3) is 0. The van der Waals surface area contributed by atoms with Crippen molar-refractivity contribution in [3.8, 4) is 11.5 Å². The minimum atomic E-state index is -0.465. The third kappa shape index (κ3) is 1.80. The zero-order valence-corrected chi connectivity index (χ0v) is 9.91. The van der Waals surface area contributed by atoms with Gasteiger partial charge in [0.15, 0.2) is 5.58 Å². The van der Waals surface area contributed by atoms with Crippen LogP contribution >= 0.6 is 11.6 Å². The molecule has 1 heterocycles. The minimum absolute atomic E-state index is 0.213. The van der Waals surface area contributed by atoms with Crippen LogP contribution in [-0.4, -0.2) is 4.98 Å². The molecule has 0 aliphatic heterocycles. The molecule has 0 amide bonds. The zero-order chi connectivity index (χ0) is 12.7. The summed E-state index contributed by atoms with van der Waals surface area (Å²) < 4.78 is 19.2. The molecule has 0 aliphatic rings. The maximum Gasteiger partial charge on any atom is 0.230 e. The lowest BCUT2D eigenvalue weighted by molar-refractivity contribution is 0.594. The van der Waals surface area contributed by atoms with Crippen LogP contribution in [0.15, 0.2) is 40.8 Å². The molecule has 0 unspecified atom stereocenters. The highest BCUT2D eigenvalue weighted by Crippen LogP contribution is 2.28. The van der Waals surface area contributed by atoms with Gasteiger partial charge in [-0.3, -0.25) is 0 Å². The van der Waals surface area contributed by atoms with Gasteiger partial charge >= 0.3 is 0 Å². The van der Waals surface area contributed by atoms with Crippen LogP contribution in [0.2, 0.25) is 5.02 Å². The molecule has 0 aliphatic carbocycles. The molecule has 3 aromatic rings. The smallest absolute Gasteiger partial charge is 0.230 e. The summed E-state index contributed by atoms with van der Waals surface area (Å²) in [6, 6.07) is 9.43. The molecule has 0 radical (unpaired) electrons. The minimum Gasteiger partial charge on any atom is -0.436 e. The van der Waals surface area contributed by atoms with Gasteiger partial charge in [-0.1, -0.05) is 11.6 Å². The molecule has 0 bridgehead atoms. The van der Waals surface area contributed by atoms with Crippen LogP contribution in [0.5, 0.6) is 0 Å². The number of nitrogens with two attached hydrogens (primary N) is 1. The largest absolute Gasteiger partial charge is 0.436 e. The second-order valence-corrected chi connectivity index (χ2v) is 4.31. The Morgan fingerprint density at radius 2 is 2.00 bits per heavy atom. The lowest BCUT2D eigenvalue weighted by Crippen LogP contribution is -1.89. The Hall–Kier alpha value is -2.07. The SMILES string of the molecule is Nc1ccc(-c2nc3cc(Cl)ccc3o2)c(F)c1. The second kappa shape index (κ2) is 3.99. The van der Waals surface area contributed by atoms with E-state index in [1.165, 1.54) is 12.1 Å². The van der Waals surface area contributed by atoms with Gasteiger partial charge in [0, 0.05) is 10.7 Å². The van der Waals surface area contributed by atoms with E-state index in [0.29, 0.717) is 21.8 Å². The first-order valence-electron chi connectivity index (χ1n) is 5.25. The summed E-state index contributed by atoms with van der Waals surface area (Å²) in [4.78, 5) is 4.20. The van der Waals surface area contributed by atoms with Gasteiger partial charge in [-0.05, 0) is 36.4 Å². The van der Waals surface area contributed by atoms with Crippen molar-refractivity contribution in [2.24, 2.45) is 0 Å². The van der Waals surface area contributed by atoms with Gasteiger partial charge in [0.05, 0.1) is 5.56 Å². The van der Waals surface area contributed by atoms with Gasteiger partial charge in [0.25, 0.3) is 0 Å². The van der Waals surface area contributed by atoms with Gasteiger partial charge in [-0.2, -0.15) is 0 Å². The summed E-state index contributed by atoms with van der Waals surface area (Å²) in [6.45, 7) is 0. The number of hydrogen-bond donors (Lipinski definition) is 1. The first-order valence-corrected chi connectivity index (χ1v) is 5.63. The summed E-state index contributed by atoms with van der Waals surface area (Å²) in [5, 5.41) is 0.556. The topological polar surface area (TPSA) is 52.0 Å². The van der Waals surface area contributed by atoms with Crippen LogP contribution < -0.4 is 5.73 Å². The monoisotopic (exact) mass is 262 g/mol. The van der Waals surface area contributed by atoms with E-state index in [2.05, 4.69) is 4.98 Å². The number of oxazole rings is 1. The molecule has 0 fully saturated rings. The normalized spacial score (nSPS) is 11.0. The molecular formula is C13H8ClFN2O. The van der Waals surface area contributed by atoms with Gasteiger partial charge in [-0.25, -0.2) is 9.37 Å². The number of nitrogen functional groups attached to an aromatic ring is 1. The Balaban J connectivity index is 2.19. The quantitative estimate of drug-likeness (QED) is 0.677. The Morgan fingerprint density at radius 3 is 2.78 bits per heavy atom. The van der Waals surface area contributed by atoms with Gasteiger partial charge in [-0.15, -0.1) is 0 Å². The van der Waals surface area contributed by atoms with Gasteiger partial charge in [0.2, 0.25) is 5.89 Å². The Labute approximate surface area is 107 Å². The van der Waals surface area contributed by atoms with Crippen molar-refractivity contribution in [1.82, 2.24) is 4.98 Å². The van der Waals surface area contributed by atoms with Crippen LogP contribution in [0, 0.1) is 5.82 Å². The van der Waals surface area contributed by atoms with E-state index < -0.39 is 5.82 Å². The Kier molecular flexibility index (Phi) is 2.45. The van der Waals surface area contributed by atoms with Crippen LogP contribution in [0.4, 0.5) is 10.1 Å². The van der Waals surface area contributed by atoms with E-state index in [1.54, 1.807) is 24.3 Å². The molecule has 1 aromatic heterocycles. The van der Waals surface area contributed by atoms with Gasteiger partial charge < -0.3 is 10.2 Å². The van der Waals surface area contributed by atoms with Crippen LogP contribution in [-0.2, 0) is 0 Å². The average molecular weight is 263 g/mol. The summed E-state index contributed by atoms with van der Waals surface area (Å²) in [6.07, 6.45) is 0. The van der Waals surface area contributed by atoms with Crippen LogP contribution in [0.25, 0.3) is 22.6 Å². The molecule has 90 valence electrons. The van der Waals surface area contributed by atoms with E-state index in [0.717, 1.165) is 0 Å². The van der Waals surface area contributed by atoms with E-state index >= 15 is 0 Å². The van der Waals surface area contributed by atoms with Crippen molar-refractivity contribution in [3.05, 3.63) is 47.2 Å². The number of anilines is 1. The van der Waals surface area contributed by atoms with Crippen molar-refractivity contribution >= 4 is 28.4 Å². The number of benzene rings is 2. The number of rotatable bonds is 1. The summed E-state index contributed by atoms with van der Waals surface area (Å²) in [5.41, 5.74) is 7.28. The second-order valence-electron chi connectivity index (χ2n) is 3.87. The molecule has 0 atom stereocenters. The van der Waals surface area contributed by atoms with Crippen LogP contribution in [0.1, 0.15) is 0 Å². The molecule has 3 nitrogen and oxygen atoms in total. The number of aromatic nitrogens is 1. The maximum atomic E-state index is 13.7. The predicted molar refractivity (Wildman–Crippen MR) is 68.8 cm³/mol. The number of halogens is 2. The first-order chi connectivity index (χ1) is 8.63. The molecular weight excluding hydrogens is 255 g/mol. The van der Waals surface area contributed by atoms with Crippen molar-refractivity contribution in [3.63, 3.8) is 0 Å². The van der Waals surface area contributed by atoms with Crippen LogP contribution in [0.3, 0.4) is 0 Å². The molecule has 5 heteroatoms. The van der Waals surface area contributed by atoms with Crippen molar-refractivity contribution in [2.75, 3.05) is 5.73 Å². The van der Waals surface area contributed by atoms with E-state index in [4.69, 9.17) is 21.8 Å². The molecule has 0 saturated heterocycles. The lowest BCUT2D eigenvalue weighted by atomic mass is 10.2.